The summed E-state index contributed by atoms with van der Waals surface area (Å²) in [6.07, 6.45) is 0. The van der Waals surface area contributed by atoms with Gasteiger partial charge in [0.15, 0.2) is 0 Å². The summed E-state index contributed by atoms with van der Waals surface area (Å²) in [6.45, 7) is 0. The van der Waals surface area contributed by atoms with Crippen LogP contribution in [0.2, 0.25) is 0 Å². The van der Waals surface area contributed by atoms with E-state index in [9.17, 15) is 0 Å². The van der Waals surface area contributed by atoms with Crippen molar-refractivity contribution < 1.29 is 48.2 Å². The van der Waals surface area contributed by atoms with E-state index in [1.807, 2.05) is 0 Å². The molecule has 0 aromatic carbocycles. The van der Waals surface area contributed by atoms with E-state index in [0.717, 1.165) is 0 Å². The summed E-state index contributed by atoms with van der Waals surface area (Å²) in [5, 5.41) is 14.0. The van der Waals surface area contributed by atoms with Crippen LogP contribution in [-0.2, 0) is 0 Å². The first-order chi connectivity index (χ1) is 1.00. The Morgan fingerprint density at radius 1 is 0.667 bits per heavy atom. The first kappa shape index (κ1) is 42.7. The van der Waals surface area contributed by atoms with Gasteiger partial charge in [-0.25, -0.2) is 0 Å². The molecule has 0 fully saturated rings. The molecule has 0 saturated heterocycles. The molecule has 2 nitrogen and oxygen atoms in total. The normalized spacial score (nSPS) is 1.00. The Labute approximate surface area is 81.5 Å². The molecular formula is H2Br2Li2O2. The third-order valence-corrected chi connectivity index (χ3v) is 0. The van der Waals surface area contributed by atoms with E-state index in [-0.39, 0.29) is 71.7 Å². The van der Waals surface area contributed by atoms with Gasteiger partial charge in [-0.1, -0.05) is 0 Å². The van der Waals surface area contributed by atoms with Gasteiger partial charge in [0, 0.05) is 0 Å². The van der Waals surface area contributed by atoms with Crippen LogP contribution in [0.3, 0.4) is 0 Å². The van der Waals surface area contributed by atoms with Crippen molar-refractivity contribution in [2.45, 2.75) is 0 Å². The second kappa shape index (κ2) is 60.6. The van der Waals surface area contributed by atoms with Crippen LogP contribution in [0.25, 0.3) is 0 Å². The van der Waals surface area contributed by atoms with Gasteiger partial charge in [-0.2, -0.15) is 0 Å². The minimum Gasteiger partial charge on any atom is -1.00 e. The zero-order valence-electron chi connectivity index (χ0n) is 3.63. The maximum atomic E-state index is 7.00. The Balaban J connectivity index is -0.000000000833. The van der Waals surface area contributed by atoms with Gasteiger partial charge < -0.3 is 10.5 Å². The Kier molecular flexibility index (Phi) is 432. The molecule has 0 aromatic rings. The Morgan fingerprint density at radius 3 is 0.667 bits per heavy atom. The first-order valence-electron chi connectivity index (χ1n) is 0.167. The van der Waals surface area contributed by atoms with Gasteiger partial charge in [0.25, 0.3) is 0 Å². The van der Waals surface area contributed by atoms with Crippen LogP contribution in [-0.4, -0.2) is 0 Å². The molecule has 0 rings (SSSR count). The zero-order valence-corrected chi connectivity index (χ0v) is 7.06. The fourth-order valence-corrected chi connectivity index (χ4v) is 0. The Morgan fingerprint density at radius 2 is 0.667 bits per heavy atom. The second-order valence-corrected chi connectivity index (χ2v) is 0. The van der Waals surface area contributed by atoms with E-state index in [1.165, 1.54) is 0 Å². The third kappa shape index (κ3) is 36.3. The SMILES string of the molecule is Br.Br.[Li+].[Li+].[O-][O-]. The minimum absolute atomic E-state index is 0. The van der Waals surface area contributed by atoms with E-state index in [4.69, 9.17) is 10.5 Å². The molecule has 0 aliphatic rings. The first-order valence-corrected chi connectivity index (χ1v) is 0.167. The van der Waals surface area contributed by atoms with Crippen LogP contribution < -0.4 is 48.2 Å². The van der Waals surface area contributed by atoms with Gasteiger partial charge in [-0.3, -0.25) is 0 Å². The number of halogens is 2. The largest absolute Gasteiger partial charge is 1.00 e. The van der Waals surface area contributed by atoms with Gasteiger partial charge in [0.1, 0.15) is 0 Å². The van der Waals surface area contributed by atoms with E-state index in [0.29, 0.717) is 0 Å². The molecule has 0 heterocycles. The fourth-order valence-electron chi connectivity index (χ4n) is 0. The van der Waals surface area contributed by atoms with Gasteiger partial charge in [0.2, 0.25) is 0 Å². The fraction of sp³-hybridized carbons (Fsp3) is 0. The topological polar surface area (TPSA) is 46.1 Å². The van der Waals surface area contributed by atoms with Crippen molar-refractivity contribution in [2.24, 2.45) is 0 Å². The number of hydrogen-bond donors (Lipinski definition) is 0. The van der Waals surface area contributed by atoms with E-state index in [1.54, 1.807) is 0 Å². The van der Waals surface area contributed by atoms with Crippen LogP contribution in [0.5, 0.6) is 0 Å². The summed E-state index contributed by atoms with van der Waals surface area (Å²) in [7, 11) is 0. The molecule has 6 heavy (non-hydrogen) atoms. The summed E-state index contributed by atoms with van der Waals surface area (Å²) in [6, 6.07) is 0. The predicted octanol–water partition coefficient (Wildman–Crippen LogP) is -7.21. The number of hydrogen-bond acceptors (Lipinski definition) is 2. The Hall–Kier alpha value is 2.07. The molecule has 0 unspecified atom stereocenters. The van der Waals surface area contributed by atoms with Crippen LogP contribution in [0, 0.1) is 0 Å². The van der Waals surface area contributed by atoms with Crippen molar-refractivity contribution in [2.75, 3.05) is 0 Å². The van der Waals surface area contributed by atoms with E-state index >= 15 is 0 Å². The minimum atomic E-state index is 0. The van der Waals surface area contributed by atoms with Gasteiger partial charge in [-0.05, 0) is 0 Å². The summed E-state index contributed by atoms with van der Waals surface area (Å²) >= 11 is 0. The molecule has 0 N–H and O–H groups in total. The average Bonchev–Trinajstić information content (AvgIpc) is 1.00. The molecule has 0 aliphatic carbocycles. The molecule has 0 atom stereocenters. The maximum absolute atomic E-state index is 7.00. The van der Waals surface area contributed by atoms with Gasteiger partial charge in [0.05, 0.1) is 0 Å². The summed E-state index contributed by atoms with van der Waals surface area (Å²) in [4.78, 5) is 0. The standard InChI is InChI=1S/2BrH.2Li.O2/c;;;;1-2/h2*1H;;;/q;;2*+1;-2. The third-order valence-electron chi connectivity index (χ3n) is 0. The summed E-state index contributed by atoms with van der Waals surface area (Å²) in [5.41, 5.74) is 0. The van der Waals surface area contributed by atoms with Crippen LogP contribution >= 0.6 is 34.0 Å². The van der Waals surface area contributed by atoms with Crippen molar-refractivity contribution in [3.63, 3.8) is 0 Å². The van der Waals surface area contributed by atoms with Crippen molar-refractivity contribution in [3.8, 4) is 0 Å². The Bertz CT molecular complexity index is 9.51. The molecule has 0 saturated carbocycles. The average molecular weight is 208 g/mol. The van der Waals surface area contributed by atoms with Crippen LogP contribution in [0.15, 0.2) is 0 Å². The van der Waals surface area contributed by atoms with Crippen molar-refractivity contribution >= 4 is 34.0 Å². The van der Waals surface area contributed by atoms with Crippen LogP contribution in [0.1, 0.15) is 0 Å². The molecule has 0 bridgehead atoms. The second-order valence-electron chi connectivity index (χ2n) is 0. The summed E-state index contributed by atoms with van der Waals surface area (Å²) < 4.78 is 0. The molecule has 0 radical (unpaired) electrons. The van der Waals surface area contributed by atoms with E-state index in [2.05, 4.69) is 0 Å². The van der Waals surface area contributed by atoms with Gasteiger partial charge in [-0.15, -0.1) is 34.0 Å². The molecule has 6 heteroatoms. The molecule has 0 spiro atoms. The van der Waals surface area contributed by atoms with Crippen molar-refractivity contribution in [1.29, 1.82) is 0 Å². The van der Waals surface area contributed by atoms with Crippen molar-refractivity contribution in [1.82, 2.24) is 0 Å². The molecule has 0 aromatic heterocycles. The van der Waals surface area contributed by atoms with E-state index < -0.39 is 0 Å². The predicted molar refractivity (Wildman–Crippen MR) is 20.6 cm³/mol. The maximum Gasteiger partial charge on any atom is 1.00 e. The monoisotopic (exact) mass is 206 g/mol. The van der Waals surface area contributed by atoms with Gasteiger partial charge >= 0.3 is 37.7 Å². The summed E-state index contributed by atoms with van der Waals surface area (Å²) in [5.74, 6) is 0. The number of rotatable bonds is 0. The smallest absolute Gasteiger partial charge is 1.00 e. The zero-order chi connectivity index (χ0) is 2.00. The quantitative estimate of drug-likeness (QED) is 0.225. The molecular weight excluding hydrogens is 206 g/mol. The van der Waals surface area contributed by atoms with Crippen molar-refractivity contribution in [3.05, 3.63) is 0 Å². The molecule has 0 aliphatic heterocycles. The molecule has 0 amide bonds. The molecule has 30 valence electrons. The van der Waals surface area contributed by atoms with Crippen LogP contribution in [0.4, 0.5) is 0 Å².